The molecule has 11 heteroatoms. The predicted molar refractivity (Wildman–Crippen MR) is 89.4 cm³/mol. The Bertz CT molecular complexity index is 872. The maximum absolute atomic E-state index is 13.0. The van der Waals surface area contributed by atoms with Crippen molar-refractivity contribution in [3.05, 3.63) is 47.5 Å². The van der Waals surface area contributed by atoms with Gasteiger partial charge in [-0.1, -0.05) is 0 Å². The lowest BCUT2D eigenvalue weighted by Gasteiger charge is -2.36. The Morgan fingerprint density at radius 2 is 1.68 bits per heavy atom. The van der Waals surface area contributed by atoms with Gasteiger partial charge >= 0.3 is 12.1 Å². The van der Waals surface area contributed by atoms with Crippen molar-refractivity contribution < 1.29 is 32.3 Å². The van der Waals surface area contributed by atoms with Gasteiger partial charge in [0.05, 0.1) is 0 Å². The van der Waals surface area contributed by atoms with Gasteiger partial charge in [0.25, 0.3) is 0 Å². The van der Waals surface area contributed by atoms with Crippen LogP contribution in [0.2, 0.25) is 0 Å². The maximum atomic E-state index is 13.0. The molecule has 1 aromatic heterocycles. The highest BCUT2D eigenvalue weighted by molar-refractivity contribution is 5.89. The molecule has 150 valence electrons. The number of anilines is 1. The molecule has 2 heterocycles. The van der Waals surface area contributed by atoms with E-state index in [4.69, 9.17) is 5.11 Å². The monoisotopic (exact) mass is 400 g/mol. The van der Waals surface area contributed by atoms with Gasteiger partial charge in [0, 0.05) is 38.1 Å². The molecule has 1 aromatic carbocycles. The molecule has 2 aromatic rings. The van der Waals surface area contributed by atoms with Crippen molar-refractivity contribution in [3.8, 4) is 0 Å². The van der Waals surface area contributed by atoms with Crippen molar-refractivity contribution in [3.63, 3.8) is 0 Å². The Hall–Kier alpha value is -3.11. The predicted octanol–water partition coefficient (Wildman–Crippen LogP) is 2.09. The van der Waals surface area contributed by atoms with Gasteiger partial charge in [-0.3, -0.25) is 9.48 Å². The molecule has 0 radical (unpaired) electrons. The number of hydrogen-bond acceptors (Lipinski definition) is 4. The SMILES string of the molecule is O=C(O)c1cn(CC(=O)N2CCN(c3ccc(F)cc3)CC2)nc1C(F)(F)F. The summed E-state index contributed by atoms with van der Waals surface area (Å²) >= 11 is 0. The summed E-state index contributed by atoms with van der Waals surface area (Å²) in [6.45, 7) is 1.12. The Balaban J connectivity index is 1.63. The fraction of sp³-hybridized carbons (Fsp3) is 0.353. The lowest BCUT2D eigenvalue weighted by molar-refractivity contribution is -0.142. The highest BCUT2D eigenvalue weighted by Crippen LogP contribution is 2.30. The first kappa shape index (κ1) is 19.6. The highest BCUT2D eigenvalue weighted by Gasteiger charge is 2.39. The summed E-state index contributed by atoms with van der Waals surface area (Å²) in [6, 6.07) is 5.93. The molecule has 0 bridgehead atoms. The molecular formula is C17H16F4N4O3. The van der Waals surface area contributed by atoms with Crippen LogP contribution in [0, 0.1) is 5.82 Å². The van der Waals surface area contributed by atoms with E-state index >= 15 is 0 Å². The number of alkyl halides is 3. The van der Waals surface area contributed by atoms with Crippen LogP contribution in [0.3, 0.4) is 0 Å². The van der Waals surface area contributed by atoms with Crippen molar-refractivity contribution in [2.24, 2.45) is 0 Å². The van der Waals surface area contributed by atoms with Gasteiger partial charge in [-0.25, -0.2) is 9.18 Å². The van der Waals surface area contributed by atoms with Crippen molar-refractivity contribution in [2.75, 3.05) is 31.1 Å². The molecule has 0 spiro atoms. The first-order valence-electron chi connectivity index (χ1n) is 8.31. The number of halogens is 4. The number of aromatic nitrogens is 2. The van der Waals surface area contributed by atoms with E-state index in [9.17, 15) is 27.2 Å². The fourth-order valence-corrected chi connectivity index (χ4v) is 2.97. The minimum Gasteiger partial charge on any atom is -0.478 e. The quantitative estimate of drug-likeness (QED) is 0.796. The van der Waals surface area contributed by atoms with Crippen molar-refractivity contribution in [1.82, 2.24) is 14.7 Å². The summed E-state index contributed by atoms with van der Waals surface area (Å²) in [6.07, 6.45) is -4.22. The van der Waals surface area contributed by atoms with Crippen LogP contribution in [0.5, 0.6) is 0 Å². The Labute approximate surface area is 156 Å². The van der Waals surface area contributed by atoms with Crippen LogP contribution in [0.4, 0.5) is 23.2 Å². The van der Waals surface area contributed by atoms with Crippen LogP contribution in [-0.4, -0.2) is 57.8 Å². The highest BCUT2D eigenvalue weighted by atomic mass is 19.4. The Kier molecular flexibility index (Phi) is 5.25. The maximum Gasteiger partial charge on any atom is 0.436 e. The number of carbonyl (C=O) groups excluding carboxylic acids is 1. The molecule has 1 saturated heterocycles. The number of nitrogens with zero attached hydrogens (tertiary/aromatic N) is 4. The zero-order valence-electron chi connectivity index (χ0n) is 14.5. The molecule has 0 aliphatic carbocycles. The van der Waals surface area contributed by atoms with Crippen LogP contribution in [0.15, 0.2) is 30.5 Å². The molecule has 1 aliphatic heterocycles. The molecule has 1 amide bonds. The second-order valence-electron chi connectivity index (χ2n) is 6.24. The first-order valence-corrected chi connectivity index (χ1v) is 8.31. The van der Waals surface area contributed by atoms with E-state index in [1.54, 1.807) is 12.1 Å². The average Bonchev–Trinajstić information content (AvgIpc) is 3.07. The van der Waals surface area contributed by atoms with Crippen LogP contribution >= 0.6 is 0 Å². The van der Waals surface area contributed by atoms with Gasteiger partial charge in [-0.2, -0.15) is 18.3 Å². The number of piperazine rings is 1. The third-order valence-corrected chi connectivity index (χ3v) is 4.38. The van der Waals surface area contributed by atoms with Crippen LogP contribution in [-0.2, 0) is 17.5 Å². The number of aromatic carboxylic acids is 1. The van der Waals surface area contributed by atoms with Gasteiger partial charge in [-0.05, 0) is 24.3 Å². The second-order valence-corrected chi connectivity index (χ2v) is 6.24. The molecule has 0 saturated carbocycles. The minimum atomic E-state index is -4.93. The second kappa shape index (κ2) is 7.49. The molecule has 1 N–H and O–H groups in total. The van der Waals surface area contributed by atoms with E-state index < -0.39 is 35.9 Å². The molecule has 0 atom stereocenters. The van der Waals surface area contributed by atoms with Gasteiger partial charge < -0.3 is 14.9 Å². The number of carboxylic acids is 1. The third kappa shape index (κ3) is 4.24. The van der Waals surface area contributed by atoms with E-state index in [0.29, 0.717) is 37.1 Å². The molecule has 7 nitrogen and oxygen atoms in total. The largest absolute Gasteiger partial charge is 0.478 e. The average molecular weight is 400 g/mol. The van der Waals surface area contributed by atoms with Gasteiger partial charge in [0.1, 0.15) is 17.9 Å². The topological polar surface area (TPSA) is 78.7 Å². The lowest BCUT2D eigenvalue weighted by atomic mass is 10.2. The number of carboxylic acid groups (broad SMARTS) is 1. The van der Waals surface area contributed by atoms with Gasteiger partial charge in [0.15, 0.2) is 5.69 Å². The zero-order chi connectivity index (χ0) is 20.5. The summed E-state index contributed by atoms with van der Waals surface area (Å²) in [5.74, 6) is -2.58. The van der Waals surface area contributed by atoms with E-state index in [2.05, 4.69) is 5.10 Å². The van der Waals surface area contributed by atoms with Crippen molar-refractivity contribution >= 4 is 17.6 Å². The Morgan fingerprint density at radius 1 is 1.07 bits per heavy atom. The molecule has 3 rings (SSSR count). The van der Waals surface area contributed by atoms with Crippen LogP contribution in [0.1, 0.15) is 16.1 Å². The van der Waals surface area contributed by atoms with Crippen LogP contribution in [0.25, 0.3) is 0 Å². The molecule has 1 fully saturated rings. The fourth-order valence-electron chi connectivity index (χ4n) is 2.97. The van der Waals surface area contributed by atoms with Crippen LogP contribution < -0.4 is 4.90 Å². The number of benzene rings is 1. The summed E-state index contributed by atoms with van der Waals surface area (Å²) < 4.78 is 52.3. The van der Waals surface area contributed by atoms with E-state index in [-0.39, 0.29) is 5.82 Å². The molecule has 1 aliphatic rings. The van der Waals surface area contributed by atoms with Crippen molar-refractivity contribution in [2.45, 2.75) is 12.7 Å². The molecular weight excluding hydrogens is 384 g/mol. The normalized spacial score (nSPS) is 15.0. The zero-order valence-corrected chi connectivity index (χ0v) is 14.5. The number of hydrogen-bond donors (Lipinski definition) is 1. The van der Waals surface area contributed by atoms with Crippen molar-refractivity contribution in [1.29, 1.82) is 0 Å². The molecule has 0 unspecified atom stereocenters. The summed E-state index contributed by atoms with van der Waals surface area (Å²) in [4.78, 5) is 26.8. The van der Waals surface area contributed by atoms with E-state index in [0.717, 1.165) is 5.69 Å². The summed E-state index contributed by atoms with van der Waals surface area (Å²) in [5, 5.41) is 12.1. The summed E-state index contributed by atoms with van der Waals surface area (Å²) in [7, 11) is 0. The first-order chi connectivity index (χ1) is 13.1. The van der Waals surface area contributed by atoms with E-state index in [1.807, 2.05) is 4.90 Å². The Morgan fingerprint density at radius 3 is 2.18 bits per heavy atom. The van der Waals surface area contributed by atoms with Gasteiger partial charge in [0.2, 0.25) is 5.91 Å². The third-order valence-electron chi connectivity index (χ3n) is 4.38. The minimum absolute atomic E-state index is 0.329. The number of carbonyl (C=O) groups is 2. The standard InChI is InChI=1S/C17H16F4N4O3/c18-11-1-3-12(4-2-11)23-5-7-24(8-6-23)14(26)10-25-9-13(16(27)28)15(22-25)17(19,20)21/h1-4,9H,5-8,10H2,(H,27,28). The smallest absolute Gasteiger partial charge is 0.436 e. The van der Waals surface area contributed by atoms with E-state index in [1.165, 1.54) is 17.0 Å². The number of rotatable bonds is 4. The molecule has 28 heavy (non-hydrogen) atoms. The van der Waals surface area contributed by atoms with Gasteiger partial charge in [-0.15, -0.1) is 0 Å². The lowest BCUT2D eigenvalue weighted by Crippen LogP contribution is -2.49. The summed E-state index contributed by atoms with van der Waals surface area (Å²) in [5.41, 5.74) is -1.73. The number of amides is 1.